The van der Waals surface area contributed by atoms with Crippen molar-refractivity contribution >= 4 is 11.8 Å². The molecule has 5 rings (SSSR count). The van der Waals surface area contributed by atoms with Gasteiger partial charge in [0.05, 0.1) is 5.41 Å². The smallest absolute Gasteiger partial charge is 0.309 e. The van der Waals surface area contributed by atoms with E-state index in [1.165, 1.54) is 12.8 Å². The fraction of sp³-hybridized carbons (Fsp3) is 0.867. The summed E-state index contributed by atoms with van der Waals surface area (Å²) in [7, 11) is 0. The van der Waals surface area contributed by atoms with E-state index in [4.69, 9.17) is 0 Å². The molecule has 4 fully saturated rings. The SMILES string of the molecule is CC1=C(O)C(=O)C[C@H]2[C@]3(C)CC[C@@]4(C)[C@@H]5C[C@](C)(C(=O)O)CC[C@]5(C)CC[C@]4(C)[C@H]3CC[C@@]12C. The van der Waals surface area contributed by atoms with E-state index in [1.54, 1.807) is 0 Å². The van der Waals surface area contributed by atoms with E-state index < -0.39 is 11.4 Å². The molecule has 0 radical (unpaired) electrons. The van der Waals surface area contributed by atoms with Gasteiger partial charge in [0.2, 0.25) is 0 Å². The zero-order chi connectivity index (χ0) is 25.1. The number of Topliss-reactive ketones (excluding diaryl/α,β-unsaturated/α-hetero) is 1. The van der Waals surface area contributed by atoms with Crippen molar-refractivity contribution in [2.24, 2.45) is 50.2 Å². The Kier molecular flexibility index (Phi) is 4.96. The minimum Gasteiger partial charge on any atom is -0.504 e. The van der Waals surface area contributed by atoms with Gasteiger partial charge in [-0.05, 0) is 122 Å². The van der Waals surface area contributed by atoms with E-state index in [0.717, 1.165) is 50.5 Å². The number of hydrogen-bond donors (Lipinski definition) is 2. The van der Waals surface area contributed by atoms with Crippen molar-refractivity contribution in [1.29, 1.82) is 0 Å². The molecule has 0 aromatic carbocycles. The van der Waals surface area contributed by atoms with E-state index >= 15 is 0 Å². The summed E-state index contributed by atoms with van der Waals surface area (Å²) in [4.78, 5) is 25.1. The van der Waals surface area contributed by atoms with Crippen LogP contribution >= 0.6 is 0 Å². The van der Waals surface area contributed by atoms with Crippen molar-refractivity contribution < 1.29 is 19.8 Å². The summed E-state index contributed by atoms with van der Waals surface area (Å²) in [5, 5.41) is 20.7. The van der Waals surface area contributed by atoms with Crippen LogP contribution in [0.3, 0.4) is 0 Å². The molecule has 5 aliphatic carbocycles. The van der Waals surface area contributed by atoms with E-state index in [1.807, 2.05) is 13.8 Å². The van der Waals surface area contributed by atoms with Crippen LogP contribution in [0, 0.1) is 50.2 Å². The number of fused-ring (bicyclic) bond motifs is 7. The molecule has 0 aliphatic heterocycles. The summed E-state index contributed by atoms with van der Waals surface area (Å²) in [5.74, 6) is 0.553. The van der Waals surface area contributed by atoms with Gasteiger partial charge < -0.3 is 10.2 Å². The van der Waals surface area contributed by atoms with Crippen LogP contribution in [0.15, 0.2) is 11.3 Å². The topological polar surface area (TPSA) is 74.6 Å². The van der Waals surface area contributed by atoms with Crippen molar-refractivity contribution in [3.63, 3.8) is 0 Å². The van der Waals surface area contributed by atoms with Gasteiger partial charge in [0.1, 0.15) is 0 Å². The maximum Gasteiger partial charge on any atom is 0.309 e. The van der Waals surface area contributed by atoms with Gasteiger partial charge >= 0.3 is 5.97 Å². The van der Waals surface area contributed by atoms with Crippen molar-refractivity contribution in [2.45, 2.75) is 113 Å². The van der Waals surface area contributed by atoms with Crippen LogP contribution in [-0.4, -0.2) is 22.0 Å². The molecular formula is C30H46O4. The van der Waals surface area contributed by atoms with Gasteiger partial charge in [-0.3, -0.25) is 9.59 Å². The zero-order valence-electron chi connectivity index (χ0n) is 22.5. The Labute approximate surface area is 206 Å². The lowest BCUT2D eigenvalue weighted by atomic mass is 9.30. The molecule has 4 heteroatoms. The Hall–Kier alpha value is -1.32. The third-order valence-corrected chi connectivity index (χ3v) is 13.7. The van der Waals surface area contributed by atoms with Crippen LogP contribution in [0.4, 0.5) is 0 Å². The van der Waals surface area contributed by atoms with E-state index in [-0.39, 0.29) is 44.5 Å². The lowest BCUT2D eigenvalue weighted by Gasteiger charge is -2.74. The summed E-state index contributed by atoms with van der Waals surface area (Å²) < 4.78 is 0. The van der Waals surface area contributed by atoms with Crippen molar-refractivity contribution in [1.82, 2.24) is 0 Å². The zero-order valence-corrected chi connectivity index (χ0v) is 22.5. The van der Waals surface area contributed by atoms with Crippen molar-refractivity contribution in [3.05, 3.63) is 11.3 Å². The summed E-state index contributed by atoms with van der Waals surface area (Å²) in [6.45, 7) is 16.2. The van der Waals surface area contributed by atoms with Crippen LogP contribution in [0.1, 0.15) is 113 Å². The van der Waals surface area contributed by atoms with Gasteiger partial charge in [-0.2, -0.15) is 0 Å². The Balaban J connectivity index is 1.57. The minimum absolute atomic E-state index is 0.0243. The second-order valence-corrected chi connectivity index (χ2v) is 14.8. The maximum atomic E-state index is 12.8. The molecule has 2 N–H and O–H groups in total. The molecule has 9 atom stereocenters. The number of rotatable bonds is 1. The number of aliphatic carboxylic acids is 1. The average molecular weight is 471 g/mol. The highest BCUT2D eigenvalue weighted by Gasteiger charge is 2.71. The first-order chi connectivity index (χ1) is 15.6. The molecule has 0 saturated heterocycles. The van der Waals surface area contributed by atoms with Crippen LogP contribution in [0.2, 0.25) is 0 Å². The first-order valence-electron chi connectivity index (χ1n) is 13.7. The Morgan fingerprint density at radius 1 is 0.824 bits per heavy atom. The number of hydrogen-bond acceptors (Lipinski definition) is 3. The van der Waals surface area contributed by atoms with Gasteiger partial charge in [0.15, 0.2) is 11.5 Å². The van der Waals surface area contributed by atoms with Gasteiger partial charge in [-0.25, -0.2) is 0 Å². The molecule has 0 bridgehead atoms. The number of carbonyl (C=O) groups is 2. The second kappa shape index (κ2) is 6.91. The lowest BCUT2D eigenvalue weighted by Crippen LogP contribution is -2.67. The highest BCUT2D eigenvalue weighted by molar-refractivity contribution is 5.95. The fourth-order valence-electron chi connectivity index (χ4n) is 10.8. The molecule has 34 heavy (non-hydrogen) atoms. The van der Waals surface area contributed by atoms with Gasteiger partial charge in [-0.1, -0.05) is 34.6 Å². The summed E-state index contributed by atoms with van der Waals surface area (Å²) in [6.07, 6.45) is 9.85. The number of aliphatic hydroxyl groups is 1. The molecular weight excluding hydrogens is 424 g/mol. The highest BCUT2D eigenvalue weighted by Crippen LogP contribution is 2.78. The number of carboxylic acid groups (broad SMARTS) is 1. The Morgan fingerprint density at radius 2 is 1.41 bits per heavy atom. The molecule has 4 nitrogen and oxygen atoms in total. The Bertz CT molecular complexity index is 982. The second-order valence-electron chi connectivity index (χ2n) is 14.8. The quantitative estimate of drug-likeness (QED) is 0.421. The fourth-order valence-corrected chi connectivity index (χ4v) is 10.8. The van der Waals surface area contributed by atoms with Crippen molar-refractivity contribution in [3.8, 4) is 0 Å². The number of carbonyl (C=O) groups excluding carboxylic acids is 1. The molecule has 4 saturated carbocycles. The van der Waals surface area contributed by atoms with Crippen LogP contribution in [0.5, 0.6) is 0 Å². The molecule has 190 valence electrons. The summed E-state index contributed by atoms with van der Waals surface area (Å²) in [5.41, 5.74) is 0.732. The molecule has 0 aromatic rings. The molecule has 0 heterocycles. The van der Waals surface area contributed by atoms with Gasteiger partial charge in [0.25, 0.3) is 0 Å². The van der Waals surface area contributed by atoms with Crippen LogP contribution < -0.4 is 0 Å². The molecule has 0 unspecified atom stereocenters. The molecule has 0 amide bonds. The number of allylic oxidation sites excluding steroid dienone is 2. The van der Waals surface area contributed by atoms with Crippen LogP contribution in [-0.2, 0) is 9.59 Å². The van der Waals surface area contributed by atoms with Gasteiger partial charge in [0, 0.05) is 6.42 Å². The van der Waals surface area contributed by atoms with E-state index in [9.17, 15) is 19.8 Å². The number of ketones is 1. The minimum atomic E-state index is -0.623. The maximum absolute atomic E-state index is 12.8. The predicted octanol–water partition coefficient (Wildman–Crippen LogP) is 7.33. The third-order valence-electron chi connectivity index (χ3n) is 13.7. The number of aliphatic hydroxyl groups excluding tert-OH is 1. The number of carboxylic acids is 1. The van der Waals surface area contributed by atoms with Gasteiger partial charge in [-0.15, -0.1) is 0 Å². The molecule has 0 spiro atoms. The van der Waals surface area contributed by atoms with E-state index in [2.05, 4.69) is 34.6 Å². The summed E-state index contributed by atoms with van der Waals surface area (Å²) in [6, 6.07) is 0. The predicted molar refractivity (Wildman–Crippen MR) is 133 cm³/mol. The Morgan fingerprint density at radius 3 is 2.06 bits per heavy atom. The first kappa shape index (κ1) is 24.4. The van der Waals surface area contributed by atoms with Crippen molar-refractivity contribution in [2.75, 3.05) is 0 Å². The highest BCUT2D eigenvalue weighted by atomic mass is 16.4. The lowest BCUT2D eigenvalue weighted by molar-refractivity contribution is -0.249. The molecule has 0 aromatic heterocycles. The van der Waals surface area contributed by atoms with E-state index in [0.29, 0.717) is 18.3 Å². The largest absolute Gasteiger partial charge is 0.504 e. The monoisotopic (exact) mass is 470 g/mol. The standard InChI is InChI=1S/C30H46O4/c1-18-23(32)19(31)16-21-27(18,4)9-8-20-28(21,5)13-15-30(7)22-17-26(3,24(33)34)11-10-25(22,2)12-14-29(20,30)6/h20-22,32H,8-17H2,1-7H3,(H,33,34)/t20-,21+,22+,25+,26+,27-,28+,29+,30-/m0/s1. The van der Waals surface area contributed by atoms with Crippen LogP contribution in [0.25, 0.3) is 0 Å². The first-order valence-corrected chi connectivity index (χ1v) is 13.7. The average Bonchev–Trinajstić information content (AvgIpc) is 2.77. The summed E-state index contributed by atoms with van der Waals surface area (Å²) >= 11 is 0. The molecule has 5 aliphatic rings. The third kappa shape index (κ3) is 2.72. The normalized spacial score (nSPS) is 55.0.